The Balaban J connectivity index is 1.29. The lowest BCUT2D eigenvalue weighted by Crippen LogP contribution is -2.45. The van der Waals surface area contributed by atoms with E-state index in [1.54, 1.807) is 18.3 Å². The molecule has 0 spiro atoms. The molecule has 36 heavy (non-hydrogen) atoms. The molecule has 0 saturated heterocycles. The molecular weight excluding hydrogens is 519 g/mol. The molecule has 4 aromatic rings. The first kappa shape index (κ1) is 23.2. The molecule has 0 fully saturated rings. The van der Waals surface area contributed by atoms with Gasteiger partial charge in [0.1, 0.15) is 11.6 Å². The zero-order valence-corrected chi connectivity index (χ0v) is 20.0. The zero-order chi connectivity index (χ0) is 25.2. The first-order valence-corrected chi connectivity index (χ1v) is 12.2. The van der Waals surface area contributed by atoms with Crippen molar-refractivity contribution < 1.29 is 27.8 Å². The Morgan fingerprint density at radius 3 is 2.86 bits per heavy atom. The van der Waals surface area contributed by atoms with Gasteiger partial charge in [0.25, 0.3) is 11.7 Å². The van der Waals surface area contributed by atoms with Gasteiger partial charge < -0.3 is 14.7 Å². The first-order valence-electron chi connectivity index (χ1n) is 11.0. The second kappa shape index (κ2) is 8.43. The second-order valence-corrected chi connectivity index (χ2v) is 10.1. The number of carbonyl (C=O) groups is 1. The van der Waals surface area contributed by atoms with Crippen LogP contribution in [-0.2, 0) is 37.1 Å². The van der Waals surface area contributed by atoms with Crippen molar-refractivity contribution in [3.8, 4) is 16.9 Å². The summed E-state index contributed by atoms with van der Waals surface area (Å²) in [5, 5.41) is 13.5. The smallest absolute Gasteiger partial charge is 0.453 e. The van der Waals surface area contributed by atoms with E-state index in [-0.39, 0.29) is 44.4 Å². The van der Waals surface area contributed by atoms with Gasteiger partial charge in [-0.15, -0.1) is 16.4 Å². The van der Waals surface area contributed by atoms with E-state index in [1.165, 1.54) is 20.9 Å². The third kappa shape index (κ3) is 3.89. The maximum Gasteiger partial charge on any atom is 0.453 e. The fourth-order valence-electron chi connectivity index (χ4n) is 4.59. The minimum absolute atomic E-state index is 0.0812. The Morgan fingerprint density at radius 2 is 2.08 bits per heavy atom. The van der Waals surface area contributed by atoms with E-state index in [0.717, 1.165) is 26.2 Å². The van der Waals surface area contributed by atoms with E-state index in [9.17, 15) is 23.1 Å². The third-order valence-corrected chi connectivity index (χ3v) is 7.57. The molecule has 0 radical (unpaired) electrons. The molecule has 0 unspecified atom stereocenters. The number of rotatable bonds is 3. The molecular formula is C23H17ClF3N5O3S. The van der Waals surface area contributed by atoms with Crippen molar-refractivity contribution in [2.75, 3.05) is 6.54 Å². The molecule has 3 aromatic heterocycles. The topological polar surface area (TPSA) is 93.4 Å². The maximum absolute atomic E-state index is 13.3. The summed E-state index contributed by atoms with van der Waals surface area (Å²) in [4.78, 5) is 23.5. The number of thiophene rings is 1. The molecule has 0 bridgehead atoms. The summed E-state index contributed by atoms with van der Waals surface area (Å²) in [5.41, 5.74) is 3.03. The number of ether oxygens (including phenoxy) is 1. The van der Waals surface area contributed by atoms with E-state index >= 15 is 0 Å². The number of pyridine rings is 1. The molecule has 186 valence electrons. The van der Waals surface area contributed by atoms with Crippen molar-refractivity contribution in [3.63, 3.8) is 0 Å². The van der Waals surface area contributed by atoms with Crippen molar-refractivity contribution in [3.05, 3.63) is 57.6 Å². The van der Waals surface area contributed by atoms with Crippen LogP contribution in [0.2, 0.25) is 5.02 Å². The van der Waals surface area contributed by atoms with Crippen LogP contribution in [0, 0.1) is 0 Å². The quantitative estimate of drug-likeness (QED) is 0.425. The van der Waals surface area contributed by atoms with Crippen molar-refractivity contribution in [1.29, 1.82) is 0 Å². The molecule has 5 heterocycles. The molecule has 0 saturated carbocycles. The molecule has 1 aromatic carbocycles. The number of benzene rings is 1. The highest BCUT2D eigenvalue weighted by Gasteiger charge is 2.40. The molecule has 2 aliphatic heterocycles. The summed E-state index contributed by atoms with van der Waals surface area (Å²) in [7, 11) is 0. The monoisotopic (exact) mass is 535 g/mol. The predicted molar refractivity (Wildman–Crippen MR) is 125 cm³/mol. The van der Waals surface area contributed by atoms with Gasteiger partial charge in [0.15, 0.2) is 6.10 Å². The normalized spacial score (nSPS) is 17.2. The van der Waals surface area contributed by atoms with E-state index in [2.05, 4.69) is 15.1 Å². The second-order valence-electron chi connectivity index (χ2n) is 8.53. The molecule has 0 aliphatic carbocycles. The molecule has 1 atom stereocenters. The first-order chi connectivity index (χ1) is 17.2. The number of hydrogen-bond donors (Lipinski definition) is 1. The maximum atomic E-state index is 13.3. The predicted octanol–water partition coefficient (Wildman–Crippen LogP) is 4.07. The van der Waals surface area contributed by atoms with Gasteiger partial charge in [-0.25, -0.2) is 9.67 Å². The third-order valence-electron chi connectivity index (χ3n) is 6.21. The Morgan fingerprint density at radius 1 is 1.25 bits per heavy atom. The average Bonchev–Trinajstić information content (AvgIpc) is 3.57. The molecule has 8 nitrogen and oxygen atoms in total. The van der Waals surface area contributed by atoms with E-state index in [1.807, 2.05) is 12.1 Å². The van der Waals surface area contributed by atoms with Crippen LogP contribution >= 0.6 is 22.9 Å². The van der Waals surface area contributed by atoms with Gasteiger partial charge in [-0.1, -0.05) is 11.6 Å². The minimum Gasteiger partial charge on any atom is -0.479 e. The summed E-state index contributed by atoms with van der Waals surface area (Å²) in [5.74, 6) is -0.937. The van der Waals surface area contributed by atoms with Gasteiger partial charge in [0.05, 0.1) is 29.9 Å². The van der Waals surface area contributed by atoms with E-state index in [4.69, 9.17) is 16.3 Å². The number of aliphatic hydroxyl groups is 1. The molecule has 6 rings (SSSR count). The molecule has 1 N–H and O–H groups in total. The van der Waals surface area contributed by atoms with Crippen molar-refractivity contribution in [1.82, 2.24) is 24.6 Å². The van der Waals surface area contributed by atoms with E-state index in [0.29, 0.717) is 16.3 Å². The standard InChI is InChI=1S/C23H17ClF3N5O3S/c24-12-5-11-6-17(21(34)31-3-4-32-18(9-31)29-22(30-32)23(25,26)27)35-19(11)15(7-12)14-1-2-28-16-8-13(10-33)36-20(14)16/h1-2,5,7-8,17,33H,3-4,6,9-10H2/t17-/m1/s1. The SMILES string of the molecule is O=C([C@H]1Cc2cc(Cl)cc(-c3ccnc4cc(CO)sc34)c2O1)N1CCn2nc(C(F)(F)F)nc2C1. The number of carbonyl (C=O) groups excluding carboxylic acids is 1. The van der Waals surface area contributed by atoms with Crippen LogP contribution < -0.4 is 4.74 Å². The number of aliphatic hydroxyl groups excluding tert-OH is 1. The average molecular weight is 536 g/mol. The van der Waals surface area contributed by atoms with Crippen LogP contribution in [0.4, 0.5) is 13.2 Å². The van der Waals surface area contributed by atoms with Crippen molar-refractivity contribution >= 4 is 39.1 Å². The summed E-state index contributed by atoms with van der Waals surface area (Å²) in [6.45, 7) is 0.118. The van der Waals surface area contributed by atoms with Gasteiger partial charge in [0, 0.05) is 45.8 Å². The summed E-state index contributed by atoms with van der Waals surface area (Å²) in [6, 6.07) is 7.17. The number of aromatic nitrogens is 4. The van der Waals surface area contributed by atoms with Crippen molar-refractivity contribution in [2.45, 2.75) is 38.4 Å². The Bertz CT molecular complexity index is 1520. The number of hydrogen-bond acceptors (Lipinski definition) is 7. The van der Waals surface area contributed by atoms with E-state index < -0.39 is 18.1 Å². The van der Waals surface area contributed by atoms with Gasteiger partial charge in [-0.3, -0.25) is 9.78 Å². The highest BCUT2D eigenvalue weighted by molar-refractivity contribution is 7.19. The molecule has 13 heteroatoms. The largest absolute Gasteiger partial charge is 0.479 e. The number of halogens is 4. The highest BCUT2D eigenvalue weighted by atomic mass is 35.5. The Labute approximate surface area is 210 Å². The van der Waals surface area contributed by atoms with Gasteiger partial charge in [0.2, 0.25) is 0 Å². The Hall–Kier alpha value is -3.22. The molecule has 2 aliphatic rings. The Kier molecular flexibility index (Phi) is 5.43. The lowest BCUT2D eigenvalue weighted by Gasteiger charge is -2.28. The van der Waals surface area contributed by atoms with Crippen molar-refractivity contribution in [2.24, 2.45) is 0 Å². The number of alkyl halides is 3. The van der Waals surface area contributed by atoms with Crippen LogP contribution in [0.5, 0.6) is 5.75 Å². The fourth-order valence-corrected chi connectivity index (χ4v) is 5.83. The van der Waals surface area contributed by atoms with Gasteiger partial charge >= 0.3 is 6.18 Å². The van der Waals surface area contributed by atoms with Gasteiger partial charge in [-0.2, -0.15) is 13.2 Å². The number of fused-ring (bicyclic) bond motifs is 3. The zero-order valence-electron chi connectivity index (χ0n) is 18.4. The van der Waals surface area contributed by atoms with Crippen LogP contribution in [0.25, 0.3) is 21.3 Å². The lowest BCUT2D eigenvalue weighted by molar-refractivity contribution is -0.145. The number of amides is 1. The van der Waals surface area contributed by atoms with Crippen LogP contribution in [0.1, 0.15) is 22.1 Å². The summed E-state index contributed by atoms with van der Waals surface area (Å²) < 4.78 is 47.2. The van der Waals surface area contributed by atoms with Crippen LogP contribution in [-0.4, -0.2) is 48.3 Å². The minimum atomic E-state index is -4.65. The van der Waals surface area contributed by atoms with Crippen LogP contribution in [0.15, 0.2) is 30.5 Å². The lowest BCUT2D eigenvalue weighted by atomic mass is 10.0. The summed E-state index contributed by atoms with van der Waals surface area (Å²) >= 11 is 7.84. The highest BCUT2D eigenvalue weighted by Crippen LogP contribution is 2.45. The van der Waals surface area contributed by atoms with Gasteiger partial charge in [-0.05, 0) is 24.3 Å². The molecule has 1 amide bonds. The summed E-state index contributed by atoms with van der Waals surface area (Å²) in [6.07, 6.45) is -3.55. The van der Waals surface area contributed by atoms with Crippen LogP contribution in [0.3, 0.4) is 0 Å². The number of nitrogens with zero attached hydrogens (tertiary/aromatic N) is 5. The fraction of sp³-hybridized carbons (Fsp3) is 0.304.